The number of benzene rings is 1. The van der Waals surface area contributed by atoms with Crippen LogP contribution in [-0.2, 0) is 0 Å². The minimum absolute atomic E-state index is 0.375. The van der Waals surface area contributed by atoms with Gasteiger partial charge in [-0.15, -0.1) is 0 Å². The average molecular weight is 322 g/mol. The van der Waals surface area contributed by atoms with Gasteiger partial charge in [-0.1, -0.05) is 15.9 Å². The van der Waals surface area contributed by atoms with Gasteiger partial charge in [0.25, 0.3) is 0 Å². The number of nitrogens with one attached hydrogen (secondary N) is 1. The molecular formula is C15H16BrNO2. The van der Waals surface area contributed by atoms with Crippen molar-refractivity contribution in [2.75, 3.05) is 5.32 Å². The highest BCUT2D eigenvalue weighted by Crippen LogP contribution is 2.66. The monoisotopic (exact) mass is 321 g/mol. The van der Waals surface area contributed by atoms with Gasteiger partial charge >= 0.3 is 5.97 Å². The fraction of sp³-hybridized carbons (Fsp3) is 0.533. The van der Waals surface area contributed by atoms with E-state index in [1.807, 2.05) is 6.07 Å². The van der Waals surface area contributed by atoms with E-state index in [-0.39, 0.29) is 0 Å². The summed E-state index contributed by atoms with van der Waals surface area (Å²) in [7, 11) is 0. The lowest BCUT2D eigenvalue weighted by Crippen LogP contribution is -2.15. The van der Waals surface area contributed by atoms with Crippen molar-refractivity contribution >= 4 is 27.6 Å². The van der Waals surface area contributed by atoms with Crippen LogP contribution < -0.4 is 5.32 Å². The number of anilines is 1. The van der Waals surface area contributed by atoms with Crippen molar-refractivity contribution in [1.29, 1.82) is 0 Å². The second kappa shape index (κ2) is 3.98. The van der Waals surface area contributed by atoms with E-state index in [0.29, 0.717) is 11.6 Å². The zero-order valence-electron chi connectivity index (χ0n) is 10.5. The molecule has 0 aliphatic heterocycles. The lowest BCUT2D eigenvalue weighted by Gasteiger charge is -2.14. The van der Waals surface area contributed by atoms with Crippen LogP contribution in [0.25, 0.3) is 0 Å². The zero-order valence-corrected chi connectivity index (χ0v) is 12.1. The largest absolute Gasteiger partial charge is 0.478 e. The van der Waals surface area contributed by atoms with Crippen molar-refractivity contribution in [3.63, 3.8) is 0 Å². The van der Waals surface area contributed by atoms with Crippen molar-refractivity contribution in [1.82, 2.24) is 0 Å². The van der Waals surface area contributed by atoms with Crippen LogP contribution in [0.4, 0.5) is 5.69 Å². The Bertz CT molecular complexity index is 543. The second-order valence-electron chi connectivity index (χ2n) is 6.15. The van der Waals surface area contributed by atoms with Crippen LogP contribution in [0.1, 0.15) is 29.6 Å². The molecule has 4 unspecified atom stereocenters. The maximum absolute atomic E-state index is 11.3. The highest BCUT2D eigenvalue weighted by Gasteiger charge is 2.65. The maximum Gasteiger partial charge on any atom is 0.337 e. The first kappa shape index (κ1) is 11.8. The smallest absolute Gasteiger partial charge is 0.337 e. The molecule has 19 heavy (non-hydrogen) atoms. The van der Waals surface area contributed by atoms with Gasteiger partial charge in [-0.3, -0.25) is 0 Å². The Labute approximate surface area is 120 Å². The first-order valence-corrected chi connectivity index (χ1v) is 7.74. The quantitative estimate of drug-likeness (QED) is 0.894. The zero-order chi connectivity index (χ0) is 13.1. The fourth-order valence-corrected chi connectivity index (χ4v) is 4.88. The Hall–Kier alpha value is -1.03. The standard InChI is InChI=1S/C15H16BrNO2/c16-9-3-4-10(15(18)19)11(6-9)17-14-12-7-1-2-8(5-7)13(12)14/h3-4,6-8,12-14,17H,1-2,5H2,(H,18,19). The number of aromatic carboxylic acids is 1. The van der Waals surface area contributed by atoms with Gasteiger partial charge < -0.3 is 10.4 Å². The molecule has 0 heterocycles. The minimum Gasteiger partial charge on any atom is -0.478 e. The minimum atomic E-state index is -0.858. The molecule has 4 rings (SSSR count). The van der Waals surface area contributed by atoms with Gasteiger partial charge in [-0.2, -0.15) is 0 Å². The molecule has 0 spiro atoms. The molecule has 4 atom stereocenters. The summed E-state index contributed by atoms with van der Waals surface area (Å²) in [6, 6.07) is 5.85. The summed E-state index contributed by atoms with van der Waals surface area (Å²) in [6.07, 6.45) is 4.18. The molecule has 1 aromatic rings. The van der Waals surface area contributed by atoms with Gasteiger partial charge in [-0.25, -0.2) is 4.79 Å². The summed E-state index contributed by atoms with van der Waals surface area (Å²) in [5.41, 5.74) is 1.14. The molecule has 3 aliphatic carbocycles. The Morgan fingerprint density at radius 1 is 1.26 bits per heavy atom. The lowest BCUT2D eigenvalue weighted by molar-refractivity contribution is 0.0698. The molecule has 2 N–H and O–H groups in total. The predicted octanol–water partition coefficient (Wildman–Crippen LogP) is 3.60. The van der Waals surface area contributed by atoms with E-state index in [0.717, 1.165) is 33.8 Å². The number of carboxylic acid groups (broad SMARTS) is 1. The number of carbonyl (C=O) groups is 1. The molecule has 1 aromatic carbocycles. The molecule has 100 valence electrons. The van der Waals surface area contributed by atoms with Gasteiger partial charge in [0.1, 0.15) is 0 Å². The van der Waals surface area contributed by atoms with E-state index in [1.165, 1.54) is 19.3 Å². The Morgan fingerprint density at radius 2 is 1.95 bits per heavy atom. The summed E-state index contributed by atoms with van der Waals surface area (Å²) in [6.45, 7) is 0. The Morgan fingerprint density at radius 3 is 2.58 bits per heavy atom. The van der Waals surface area contributed by atoms with Crippen LogP contribution in [0.5, 0.6) is 0 Å². The normalized spacial score (nSPS) is 38.1. The molecular weight excluding hydrogens is 306 g/mol. The van der Waals surface area contributed by atoms with E-state index in [4.69, 9.17) is 0 Å². The molecule has 0 amide bonds. The molecule has 3 saturated carbocycles. The van der Waals surface area contributed by atoms with Crippen LogP contribution in [0.3, 0.4) is 0 Å². The molecule has 0 radical (unpaired) electrons. The number of hydrogen-bond acceptors (Lipinski definition) is 2. The van der Waals surface area contributed by atoms with Crippen molar-refractivity contribution in [2.24, 2.45) is 23.7 Å². The summed E-state index contributed by atoms with van der Waals surface area (Å²) in [5, 5.41) is 12.8. The third-order valence-electron chi connectivity index (χ3n) is 5.27. The second-order valence-corrected chi connectivity index (χ2v) is 7.07. The van der Waals surface area contributed by atoms with Gasteiger partial charge in [-0.05, 0) is 61.1 Å². The molecule has 3 aliphatic rings. The van der Waals surface area contributed by atoms with Gasteiger partial charge in [0, 0.05) is 10.5 Å². The number of hydrogen-bond donors (Lipinski definition) is 2. The van der Waals surface area contributed by atoms with Crippen LogP contribution in [-0.4, -0.2) is 17.1 Å². The van der Waals surface area contributed by atoms with E-state index >= 15 is 0 Å². The van der Waals surface area contributed by atoms with Gasteiger partial charge in [0.15, 0.2) is 0 Å². The van der Waals surface area contributed by atoms with Crippen LogP contribution in [0, 0.1) is 23.7 Å². The molecule has 3 fully saturated rings. The summed E-state index contributed by atoms with van der Waals surface area (Å²) in [5.74, 6) is 2.54. The van der Waals surface area contributed by atoms with Crippen LogP contribution in [0.15, 0.2) is 22.7 Å². The summed E-state index contributed by atoms with van der Waals surface area (Å²) >= 11 is 3.42. The third kappa shape index (κ3) is 1.72. The molecule has 2 bridgehead atoms. The van der Waals surface area contributed by atoms with Gasteiger partial charge in [0.05, 0.1) is 11.3 Å². The van der Waals surface area contributed by atoms with Crippen molar-refractivity contribution < 1.29 is 9.90 Å². The van der Waals surface area contributed by atoms with E-state index < -0.39 is 5.97 Å². The van der Waals surface area contributed by atoms with Crippen molar-refractivity contribution in [3.05, 3.63) is 28.2 Å². The molecule has 0 saturated heterocycles. The highest BCUT2D eigenvalue weighted by atomic mass is 79.9. The Balaban J connectivity index is 1.58. The predicted molar refractivity (Wildman–Crippen MR) is 76.3 cm³/mol. The number of fused-ring (bicyclic) bond motifs is 5. The fourth-order valence-electron chi connectivity index (χ4n) is 4.52. The summed E-state index contributed by atoms with van der Waals surface area (Å²) < 4.78 is 0.925. The molecule has 0 aromatic heterocycles. The van der Waals surface area contributed by atoms with Crippen molar-refractivity contribution in [2.45, 2.75) is 25.3 Å². The highest BCUT2D eigenvalue weighted by molar-refractivity contribution is 9.10. The SMILES string of the molecule is O=C(O)c1ccc(Br)cc1NC1C2C3CCC(C3)C12. The molecule has 3 nitrogen and oxygen atoms in total. The van der Waals surface area contributed by atoms with E-state index in [2.05, 4.69) is 21.2 Å². The van der Waals surface area contributed by atoms with Crippen LogP contribution >= 0.6 is 15.9 Å². The van der Waals surface area contributed by atoms with Crippen LogP contribution in [0.2, 0.25) is 0 Å². The topological polar surface area (TPSA) is 49.3 Å². The van der Waals surface area contributed by atoms with E-state index in [1.54, 1.807) is 12.1 Å². The lowest BCUT2D eigenvalue weighted by atomic mass is 10.0. The number of rotatable bonds is 3. The Kier molecular flexibility index (Phi) is 2.47. The average Bonchev–Trinajstić information content (AvgIpc) is 2.78. The van der Waals surface area contributed by atoms with E-state index in [9.17, 15) is 9.90 Å². The van der Waals surface area contributed by atoms with Gasteiger partial charge in [0.2, 0.25) is 0 Å². The summed E-state index contributed by atoms with van der Waals surface area (Å²) in [4.78, 5) is 11.3. The van der Waals surface area contributed by atoms with Crippen molar-refractivity contribution in [3.8, 4) is 0 Å². The third-order valence-corrected chi connectivity index (χ3v) is 5.76. The molecule has 4 heteroatoms. The number of halogens is 1. The first-order valence-electron chi connectivity index (χ1n) is 6.94. The number of carboxylic acids is 1. The maximum atomic E-state index is 11.3. The first-order chi connectivity index (χ1) is 9.15.